The van der Waals surface area contributed by atoms with Crippen LogP contribution in [0.2, 0.25) is 0 Å². The Labute approximate surface area is 806 Å². The molecule has 0 atom stereocenters. The SMILES string of the molecule is CS(=O)(=O)c1ccccc1-c1ccc(NC(=O)c2ccccc2Oc2cccc(C(=N)N)c2)c(F)c1.N=C(N)c1cccc(Oc2ccccc2C(=O)Nc2ccc(-c3ccccc3S(N)(=O)=O)cc2)c1.N=C(N)c1cccc(Oc2ccccc2CC(=O)c2ccc(-c3ccccc3S(N)(=O)=O)cc2)c1.NCc1cccc(Oc2ccccc2C(=O)Nc2ccc(-c3ccccc3S(N)(=O)=O)cc2)c1. The highest BCUT2D eigenvalue weighted by atomic mass is 32.2. The van der Waals surface area contributed by atoms with Gasteiger partial charge in [-0.1, -0.05) is 231 Å². The van der Waals surface area contributed by atoms with E-state index in [0.717, 1.165) is 11.8 Å². The number of ether oxygens (including phenoxy) is 4. The van der Waals surface area contributed by atoms with Crippen molar-refractivity contribution in [2.24, 2.45) is 38.4 Å². The molecule has 0 saturated carbocycles. The number of sulfonamides is 3. The average molecular weight is 1950 g/mol. The number of carbonyl (C=O) groups excluding carboxylic acids is 4. The van der Waals surface area contributed by atoms with Gasteiger partial charge >= 0.3 is 0 Å². The number of halogens is 1. The van der Waals surface area contributed by atoms with Crippen LogP contribution in [0.15, 0.2) is 402 Å². The summed E-state index contributed by atoms with van der Waals surface area (Å²) in [6.07, 6.45) is 1.20. The summed E-state index contributed by atoms with van der Waals surface area (Å²) in [5, 5.41) is 47.0. The number of para-hydroxylation sites is 4. The van der Waals surface area contributed by atoms with E-state index in [4.69, 9.17) is 73.5 Å². The molecule has 3 amide bonds. The quantitative estimate of drug-likeness (QED) is 0.0118. The Bertz CT molecular complexity index is 7900. The van der Waals surface area contributed by atoms with Crippen molar-refractivity contribution in [3.63, 3.8) is 0 Å². The van der Waals surface area contributed by atoms with E-state index < -0.39 is 51.6 Å². The topological polar surface area (TPSA) is 532 Å². The van der Waals surface area contributed by atoms with Crippen LogP contribution in [0.25, 0.3) is 44.5 Å². The molecule has 16 aromatic carbocycles. The lowest BCUT2D eigenvalue weighted by molar-refractivity contribution is 0.0988. The molecular formula is C106H90FN13O16S4. The summed E-state index contributed by atoms with van der Waals surface area (Å²) in [7, 11) is -15.2. The monoisotopic (exact) mass is 1950 g/mol. The van der Waals surface area contributed by atoms with Crippen LogP contribution in [0.4, 0.5) is 21.5 Å². The number of rotatable bonds is 29. The van der Waals surface area contributed by atoms with E-state index in [9.17, 15) is 57.2 Å². The van der Waals surface area contributed by atoms with E-state index in [2.05, 4.69) is 16.0 Å². The lowest BCUT2D eigenvalue weighted by atomic mass is 9.99. The number of sulfone groups is 1. The number of amidine groups is 3. The van der Waals surface area contributed by atoms with Gasteiger partial charge in [0, 0.05) is 80.7 Å². The van der Waals surface area contributed by atoms with Crippen LogP contribution >= 0.6 is 0 Å². The maximum atomic E-state index is 15.0. The maximum Gasteiger partial charge on any atom is 0.259 e. The number of primary sulfonamides is 3. The molecule has 706 valence electrons. The lowest BCUT2D eigenvalue weighted by Gasteiger charge is -2.13. The average Bonchev–Trinajstić information content (AvgIpc) is 0.758. The van der Waals surface area contributed by atoms with Crippen molar-refractivity contribution in [3.05, 3.63) is 438 Å². The molecule has 34 heteroatoms. The fourth-order valence-corrected chi connectivity index (χ4v) is 17.4. The van der Waals surface area contributed by atoms with Gasteiger partial charge in [0.1, 0.15) is 69.3 Å². The number of hydrogen-bond acceptors (Lipinski definition) is 20. The second-order valence-electron chi connectivity index (χ2n) is 31.0. The number of nitrogen functional groups attached to an aromatic ring is 3. The molecular weight excluding hydrogens is 1860 g/mol. The van der Waals surface area contributed by atoms with E-state index in [0.29, 0.717) is 142 Å². The Hall–Kier alpha value is -17.2. The second-order valence-corrected chi connectivity index (χ2v) is 37.5. The van der Waals surface area contributed by atoms with Gasteiger partial charge in [0.05, 0.1) is 42.0 Å². The second kappa shape index (κ2) is 45.0. The van der Waals surface area contributed by atoms with Gasteiger partial charge in [0.25, 0.3) is 17.7 Å². The van der Waals surface area contributed by atoms with Crippen LogP contribution in [0.1, 0.15) is 69.2 Å². The fourth-order valence-electron chi connectivity index (χ4n) is 14.2. The van der Waals surface area contributed by atoms with Gasteiger partial charge in [-0.05, 0) is 179 Å². The molecule has 0 aromatic heterocycles. The molecule has 20 N–H and O–H groups in total. The van der Waals surface area contributed by atoms with Crippen molar-refractivity contribution in [1.82, 2.24) is 0 Å². The predicted molar refractivity (Wildman–Crippen MR) is 539 cm³/mol. The maximum absolute atomic E-state index is 15.0. The van der Waals surface area contributed by atoms with Crippen LogP contribution in [0, 0.1) is 22.0 Å². The Balaban J connectivity index is 0.000000157. The van der Waals surface area contributed by atoms with Crippen LogP contribution in [-0.4, -0.2) is 80.9 Å². The van der Waals surface area contributed by atoms with Gasteiger partial charge in [-0.25, -0.2) is 53.5 Å². The molecule has 140 heavy (non-hydrogen) atoms. The van der Waals surface area contributed by atoms with Crippen LogP contribution in [0.3, 0.4) is 0 Å². The molecule has 16 aromatic rings. The number of nitrogens with one attached hydrogen (secondary N) is 6. The number of anilines is 3. The minimum atomic E-state index is -3.89. The number of benzene rings is 16. The van der Waals surface area contributed by atoms with Gasteiger partial charge in [0.2, 0.25) is 30.1 Å². The molecule has 0 aliphatic carbocycles. The van der Waals surface area contributed by atoms with Crippen molar-refractivity contribution < 1.29 is 76.2 Å². The number of amides is 3. The van der Waals surface area contributed by atoms with E-state index in [1.165, 1.54) is 42.5 Å². The summed E-state index contributed by atoms with van der Waals surface area (Å²) in [4.78, 5) is 52.2. The smallest absolute Gasteiger partial charge is 0.259 e. The fraction of sp³-hybridized carbons (Fsp3) is 0.0283. The first-order chi connectivity index (χ1) is 66.9. The molecule has 0 fully saturated rings. The summed E-state index contributed by atoms with van der Waals surface area (Å²) in [5.41, 5.74) is 31.9. The minimum absolute atomic E-state index is 0.0247. The number of Topliss-reactive ketones (excluding diaryl/α,β-unsaturated/α-hetero) is 1. The van der Waals surface area contributed by atoms with Crippen LogP contribution < -0.4 is 73.2 Å². The number of ketones is 1. The first-order valence-electron chi connectivity index (χ1n) is 42.3. The van der Waals surface area contributed by atoms with E-state index in [-0.39, 0.29) is 78.1 Å². The highest BCUT2D eigenvalue weighted by molar-refractivity contribution is 7.91. The van der Waals surface area contributed by atoms with Crippen molar-refractivity contribution in [2.45, 2.75) is 32.5 Å². The molecule has 0 aliphatic rings. The standard InChI is InChI=1S/C27H22FN3O4S.C27H23N3O4S.C26H22N4O4S.C26H23N3O4S/c1-36(33,34)25-12-5-3-9-20(25)17-13-14-23(22(28)16-17)31-27(32)21-10-2-4-11-24(21)35-19-8-6-7-18(15-19)26(29)30;28-27(29)21-7-5-8-22(16-21)34-25-10-3-1-6-20(25)17-24(31)19-14-12-18(13-15-19)23-9-2-4-11-26(23)35(30,32)33;27-25(28)18-6-5-7-20(16-18)34-23-10-3-1-9-22(23)26(31)30-19-14-12-17(13-15-19)21-8-2-4-11-24(21)35(29,32)33;27-17-18-6-5-7-21(16-18)33-24-10-3-1-9-23(24)26(30)29-20-14-12-19(13-15-20)22-8-2-4-11-25(22)34(28,31)32/h2-16H,1H3,(H3,29,30)(H,31,32);1-16H,17H2,(H3,28,29)(H2,30,32,33);1-16H,(H3,27,28)(H,30,31)(H2,29,32,33);1-16H,17,27H2,(H,29,30)(H2,28,31,32). The Morgan fingerprint density at radius 2 is 0.621 bits per heavy atom. The summed E-state index contributed by atoms with van der Waals surface area (Å²) >= 11 is 0. The molecule has 29 nitrogen and oxygen atoms in total. The van der Waals surface area contributed by atoms with Crippen LogP contribution in [0.5, 0.6) is 46.0 Å². The number of hydrogen-bond donors (Lipinski definition) is 13. The summed E-state index contributed by atoms with van der Waals surface area (Å²) in [5.74, 6) is 0.972. The third-order valence-electron chi connectivity index (χ3n) is 21.0. The molecule has 0 heterocycles. The predicted octanol–water partition coefficient (Wildman–Crippen LogP) is 18.6. The summed E-state index contributed by atoms with van der Waals surface area (Å²) in [6, 6.07) is 105. The van der Waals surface area contributed by atoms with Gasteiger partial charge < -0.3 is 57.8 Å². The molecule has 0 bridgehead atoms. The first-order valence-corrected chi connectivity index (χ1v) is 48.9. The van der Waals surface area contributed by atoms with Crippen molar-refractivity contribution >= 4 is 98.0 Å². The minimum Gasteiger partial charge on any atom is -0.457 e. The highest BCUT2D eigenvalue weighted by Gasteiger charge is 2.25. The molecule has 0 spiro atoms. The Kier molecular flexibility index (Phi) is 32.2. The van der Waals surface area contributed by atoms with Gasteiger partial charge in [-0.15, -0.1) is 0 Å². The highest BCUT2D eigenvalue weighted by Crippen LogP contribution is 2.38. The van der Waals surface area contributed by atoms with Crippen molar-refractivity contribution in [2.75, 3.05) is 22.2 Å². The van der Waals surface area contributed by atoms with Crippen molar-refractivity contribution in [1.29, 1.82) is 16.2 Å². The molecule has 16 rings (SSSR count). The molecule has 0 unspecified atom stereocenters. The van der Waals surface area contributed by atoms with E-state index >= 15 is 0 Å². The normalized spacial score (nSPS) is 11.1. The lowest BCUT2D eigenvalue weighted by Crippen LogP contribution is -2.14. The zero-order valence-corrected chi connectivity index (χ0v) is 77.6. The summed E-state index contributed by atoms with van der Waals surface area (Å²) < 4.78 is 134. The number of nitrogens with two attached hydrogens (primary N) is 7. The van der Waals surface area contributed by atoms with Gasteiger partial charge in [0.15, 0.2) is 15.6 Å². The van der Waals surface area contributed by atoms with Gasteiger partial charge in [-0.2, -0.15) is 0 Å². The van der Waals surface area contributed by atoms with E-state index in [1.54, 1.807) is 303 Å². The first kappa shape index (κ1) is 100. The largest absolute Gasteiger partial charge is 0.457 e. The summed E-state index contributed by atoms with van der Waals surface area (Å²) in [6.45, 7) is 0.386. The molecule has 0 radical (unpaired) electrons. The number of carbonyl (C=O) groups is 4. The van der Waals surface area contributed by atoms with E-state index in [1.807, 2.05) is 36.4 Å². The Morgan fingerprint density at radius 3 is 0.986 bits per heavy atom. The third-order valence-corrected chi connectivity index (χ3v) is 25.1. The van der Waals surface area contributed by atoms with Crippen LogP contribution in [-0.2, 0) is 52.9 Å². The molecule has 0 aliphatic heterocycles. The van der Waals surface area contributed by atoms with Crippen molar-refractivity contribution in [3.8, 4) is 90.5 Å². The van der Waals surface area contributed by atoms with Gasteiger partial charge in [-0.3, -0.25) is 35.4 Å². The third kappa shape index (κ3) is 26.5. The Morgan fingerprint density at radius 1 is 0.314 bits per heavy atom. The zero-order valence-electron chi connectivity index (χ0n) is 74.4. The molecule has 0 saturated heterocycles. The zero-order chi connectivity index (χ0) is 100.